The minimum absolute atomic E-state index is 0.385. The minimum atomic E-state index is -0.536. The average Bonchev–Trinajstić information content (AvgIpc) is 2.55. The van der Waals surface area contributed by atoms with Crippen LogP contribution in [0.2, 0.25) is 0 Å². The standard InChI is InChI=1S/C11H13N3O2S/c1-11(2,3)16-10(15)8-7(12)6-4-5-13-14-9(6)17-8/h4-5H,12H2,1-3H3. The fraction of sp³-hybridized carbons (Fsp3) is 0.364. The van der Waals surface area contributed by atoms with Crippen molar-refractivity contribution >= 4 is 33.2 Å². The molecule has 0 amide bonds. The largest absolute Gasteiger partial charge is 0.456 e. The quantitative estimate of drug-likeness (QED) is 0.786. The van der Waals surface area contributed by atoms with Crippen molar-refractivity contribution in [3.05, 3.63) is 17.1 Å². The van der Waals surface area contributed by atoms with E-state index in [1.54, 1.807) is 12.3 Å². The Bertz CT molecular complexity index is 572. The normalized spacial score (nSPS) is 11.7. The summed E-state index contributed by atoms with van der Waals surface area (Å²) in [6, 6.07) is 1.74. The van der Waals surface area contributed by atoms with E-state index in [0.717, 1.165) is 5.39 Å². The van der Waals surface area contributed by atoms with Crippen molar-refractivity contribution in [2.24, 2.45) is 0 Å². The van der Waals surface area contributed by atoms with E-state index in [-0.39, 0.29) is 0 Å². The predicted molar refractivity (Wildman–Crippen MR) is 67.0 cm³/mol. The van der Waals surface area contributed by atoms with Gasteiger partial charge in [-0.1, -0.05) is 0 Å². The topological polar surface area (TPSA) is 78.1 Å². The first kappa shape index (κ1) is 11.8. The predicted octanol–water partition coefficient (Wildman–Crippen LogP) is 2.23. The molecule has 5 nitrogen and oxygen atoms in total. The first-order valence-corrected chi connectivity index (χ1v) is 5.93. The number of esters is 1. The Morgan fingerprint density at radius 3 is 2.76 bits per heavy atom. The monoisotopic (exact) mass is 251 g/mol. The van der Waals surface area contributed by atoms with Crippen LogP contribution >= 0.6 is 11.3 Å². The maximum atomic E-state index is 11.9. The van der Waals surface area contributed by atoms with Gasteiger partial charge in [-0.2, -0.15) is 5.10 Å². The molecule has 0 aromatic carbocycles. The zero-order valence-corrected chi connectivity index (χ0v) is 10.7. The molecule has 2 aromatic rings. The van der Waals surface area contributed by atoms with Crippen LogP contribution in [0.5, 0.6) is 0 Å². The Balaban J connectivity index is 2.43. The van der Waals surface area contributed by atoms with E-state index in [2.05, 4.69) is 10.2 Å². The zero-order chi connectivity index (χ0) is 12.6. The molecule has 2 rings (SSSR count). The molecule has 0 aliphatic rings. The van der Waals surface area contributed by atoms with Crippen LogP contribution in [0.25, 0.3) is 10.2 Å². The van der Waals surface area contributed by atoms with E-state index in [9.17, 15) is 4.79 Å². The van der Waals surface area contributed by atoms with Crippen LogP contribution in [0.1, 0.15) is 30.4 Å². The summed E-state index contributed by atoms with van der Waals surface area (Å²) in [7, 11) is 0. The molecule has 17 heavy (non-hydrogen) atoms. The van der Waals surface area contributed by atoms with Gasteiger partial charge in [0, 0.05) is 5.39 Å². The van der Waals surface area contributed by atoms with Gasteiger partial charge in [-0.25, -0.2) is 4.79 Å². The number of carbonyl (C=O) groups is 1. The third-order valence-electron chi connectivity index (χ3n) is 2.00. The second-order valence-corrected chi connectivity index (χ2v) is 5.60. The van der Waals surface area contributed by atoms with E-state index >= 15 is 0 Å². The number of ether oxygens (including phenoxy) is 1. The highest BCUT2D eigenvalue weighted by molar-refractivity contribution is 7.21. The molecule has 0 spiro atoms. The van der Waals surface area contributed by atoms with Crippen molar-refractivity contribution in [1.82, 2.24) is 10.2 Å². The van der Waals surface area contributed by atoms with Crippen LogP contribution in [0.15, 0.2) is 12.3 Å². The van der Waals surface area contributed by atoms with Gasteiger partial charge in [-0.05, 0) is 26.8 Å². The summed E-state index contributed by atoms with van der Waals surface area (Å²) in [5, 5.41) is 8.42. The molecule has 0 bridgehead atoms. The van der Waals surface area contributed by atoms with Gasteiger partial charge in [0.2, 0.25) is 0 Å². The molecule has 6 heteroatoms. The van der Waals surface area contributed by atoms with Gasteiger partial charge >= 0.3 is 5.97 Å². The smallest absolute Gasteiger partial charge is 0.351 e. The summed E-state index contributed by atoms with van der Waals surface area (Å²) >= 11 is 1.20. The molecule has 0 radical (unpaired) electrons. The van der Waals surface area contributed by atoms with Gasteiger partial charge in [0.25, 0.3) is 0 Å². The van der Waals surface area contributed by atoms with Crippen LogP contribution in [-0.2, 0) is 4.74 Å². The van der Waals surface area contributed by atoms with E-state index in [0.29, 0.717) is 15.4 Å². The lowest BCUT2D eigenvalue weighted by Gasteiger charge is -2.18. The fourth-order valence-electron chi connectivity index (χ4n) is 1.35. The van der Waals surface area contributed by atoms with E-state index in [1.165, 1.54) is 11.3 Å². The molecule has 0 aliphatic heterocycles. The Morgan fingerprint density at radius 2 is 2.18 bits per heavy atom. The zero-order valence-electron chi connectivity index (χ0n) is 9.85. The Morgan fingerprint density at radius 1 is 1.47 bits per heavy atom. The summed E-state index contributed by atoms with van der Waals surface area (Å²) < 4.78 is 5.28. The summed E-state index contributed by atoms with van der Waals surface area (Å²) in [6.07, 6.45) is 1.55. The minimum Gasteiger partial charge on any atom is -0.456 e. The molecular formula is C11H13N3O2S. The lowest BCUT2D eigenvalue weighted by atomic mass is 10.2. The number of nitrogens with two attached hydrogens (primary N) is 1. The molecule has 0 saturated carbocycles. The lowest BCUT2D eigenvalue weighted by Crippen LogP contribution is -2.23. The lowest BCUT2D eigenvalue weighted by molar-refractivity contribution is 0.00765. The highest BCUT2D eigenvalue weighted by Gasteiger charge is 2.23. The van der Waals surface area contributed by atoms with Crippen molar-refractivity contribution in [1.29, 1.82) is 0 Å². The molecule has 2 heterocycles. The van der Waals surface area contributed by atoms with Gasteiger partial charge in [-0.3, -0.25) is 0 Å². The number of thiophene rings is 1. The number of nitrogen functional groups attached to an aromatic ring is 1. The molecular weight excluding hydrogens is 238 g/mol. The van der Waals surface area contributed by atoms with Gasteiger partial charge in [0.1, 0.15) is 15.3 Å². The number of fused-ring (bicyclic) bond motifs is 1. The third-order valence-corrected chi connectivity index (χ3v) is 3.09. The SMILES string of the molecule is CC(C)(C)OC(=O)c1sc2nnccc2c1N. The van der Waals surface area contributed by atoms with Gasteiger partial charge in [-0.15, -0.1) is 16.4 Å². The molecule has 0 unspecified atom stereocenters. The van der Waals surface area contributed by atoms with Crippen molar-refractivity contribution in [3.63, 3.8) is 0 Å². The molecule has 0 fully saturated rings. The maximum Gasteiger partial charge on any atom is 0.351 e. The molecule has 0 aliphatic carbocycles. The number of hydrogen-bond acceptors (Lipinski definition) is 6. The Kier molecular flexibility index (Phi) is 2.74. The summed E-state index contributed by atoms with van der Waals surface area (Å²) in [5.74, 6) is -0.419. The van der Waals surface area contributed by atoms with Crippen molar-refractivity contribution in [2.75, 3.05) is 5.73 Å². The average molecular weight is 251 g/mol. The van der Waals surface area contributed by atoms with Gasteiger partial charge in [0.05, 0.1) is 11.9 Å². The Hall–Kier alpha value is -1.69. The van der Waals surface area contributed by atoms with Crippen LogP contribution < -0.4 is 5.73 Å². The number of carbonyl (C=O) groups excluding carboxylic acids is 1. The maximum absolute atomic E-state index is 11.9. The third kappa shape index (κ3) is 2.36. The second kappa shape index (κ2) is 3.96. The highest BCUT2D eigenvalue weighted by atomic mass is 32.1. The second-order valence-electron chi connectivity index (χ2n) is 4.60. The van der Waals surface area contributed by atoms with Crippen LogP contribution in [0.3, 0.4) is 0 Å². The van der Waals surface area contributed by atoms with Crippen LogP contribution in [0.4, 0.5) is 5.69 Å². The number of anilines is 1. The number of rotatable bonds is 1. The van der Waals surface area contributed by atoms with E-state index in [1.807, 2.05) is 20.8 Å². The van der Waals surface area contributed by atoms with Crippen LogP contribution in [0, 0.1) is 0 Å². The van der Waals surface area contributed by atoms with Crippen molar-refractivity contribution < 1.29 is 9.53 Å². The van der Waals surface area contributed by atoms with Gasteiger partial charge < -0.3 is 10.5 Å². The molecule has 90 valence electrons. The van der Waals surface area contributed by atoms with Gasteiger partial charge in [0.15, 0.2) is 0 Å². The summed E-state index contributed by atoms with van der Waals surface area (Å²) in [5.41, 5.74) is 5.78. The van der Waals surface area contributed by atoms with Crippen molar-refractivity contribution in [2.45, 2.75) is 26.4 Å². The highest BCUT2D eigenvalue weighted by Crippen LogP contribution is 2.32. The first-order chi connectivity index (χ1) is 7.88. The van der Waals surface area contributed by atoms with E-state index in [4.69, 9.17) is 10.5 Å². The number of aromatic nitrogens is 2. The molecule has 2 aromatic heterocycles. The number of nitrogens with zero attached hydrogens (tertiary/aromatic N) is 2. The first-order valence-electron chi connectivity index (χ1n) is 5.11. The summed E-state index contributed by atoms with van der Waals surface area (Å²) in [6.45, 7) is 5.44. The van der Waals surface area contributed by atoms with E-state index < -0.39 is 11.6 Å². The molecule has 0 saturated heterocycles. The van der Waals surface area contributed by atoms with Crippen molar-refractivity contribution in [3.8, 4) is 0 Å². The Labute approximate surface area is 103 Å². The fourth-order valence-corrected chi connectivity index (χ4v) is 2.26. The molecule has 0 atom stereocenters. The molecule has 2 N–H and O–H groups in total. The summed E-state index contributed by atoms with van der Waals surface area (Å²) in [4.78, 5) is 12.9. The number of hydrogen-bond donors (Lipinski definition) is 1. The van der Waals surface area contributed by atoms with Crippen LogP contribution in [-0.4, -0.2) is 21.8 Å².